The minimum Gasteiger partial charge on any atom is -0.494 e. The van der Waals surface area contributed by atoms with Crippen molar-refractivity contribution in [2.75, 3.05) is 32.8 Å². The largest absolute Gasteiger partial charge is 0.494 e. The van der Waals surface area contributed by atoms with Gasteiger partial charge in [0.15, 0.2) is 0 Å². The van der Waals surface area contributed by atoms with Crippen molar-refractivity contribution in [3.05, 3.63) is 24.3 Å². The molecule has 1 fully saturated rings. The third-order valence-electron chi connectivity index (χ3n) is 3.39. The van der Waals surface area contributed by atoms with Crippen LogP contribution < -0.4 is 14.4 Å². The molecule has 0 aliphatic carbocycles. The van der Waals surface area contributed by atoms with Crippen molar-refractivity contribution in [2.24, 2.45) is 0 Å². The van der Waals surface area contributed by atoms with Gasteiger partial charge in [0.1, 0.15) is 11.5 Å². The normalized spacial score (nSPS) is 15.8. The molecule has 0 saturated carbocycles. The van der Waals surface area contributed by atoms with Crippen molar-refractivity contribution >= 4 is 0 Å². The number of benzene rings is 1. The Balaban J connectivity index is 1.63. The summed E-state index contributed by atoms with van der Waals surface area (Å²) >= 11 is 0. The monoisotopic (exact) mass is 250 g/mol. The summed E-state index contributed by atoms with van der Waals surface area (Å²) in [7, 11) is 0. The Hall–Kier alpha value is -1.22. The molecule has 1 aliphatic heterocycles. The summed E-state index contributed by atoms with van der Waals surface area (Å²) in [5, 5.41) is 0. The smallest absolute Gasteiger partial charge is 0.119 e. The van der Waals surface area contributed by atoms with Crippen LogP contribution in [0, 0.1) is 0 Å². The van der Waals surface area contributed by atoms with E-state index in [0.717, 1.165) is 24.5 Å². The van der Waals surface area contributed by atoms with Gasteiger partial charge in [-0.1, -0.05) is 0 Å². The summed E-state index contributed by atoms with van der Waals surface area (Å²) in [4.78, 5) is 1.74. The second-order valence-electron chi connectivity index (χ2n) is 4.81. The van der Waals surface area contributed by atoms with E-state index in [9.17, 15) is 0 Å². The summed E-state index contributed by atoms with van der Waals surface area (Å²) < 4.78 is 11.1. The fraction of sp³-hybridized carbons (Fsp3) is 0.600. The van der Waals surface area contributed by atoms with Crippen LogP contribution in [0.5, 0.6) is 11.5 Å². The number of likely N-dealkylation sites (tertiary alicyclic amines) is 1. The third kappa shape index (κ3) is 4.22. The Morgan fingerprint density at radius 2 is 1.61 bits per heavy atom. The van der Waals surface area contributed by atoms with Crippen LogP contribution in [0.15, 0.2) is 24.3 Å². The minimum atomic E-state index is 0.707. The van der Waals surface area contributed by atoms with Crippen LogP contribution in [0.4, 0.5) is 0 Å². The van der Waals surface area contributed by atoms with Gasteiger partial charge in [0.2, 0.25) is 0 Å². The average molecular weight is 250 g/mol. The number of quaternary nitrogens is 1. The summed E-state index contributed by atoms with van der Waals surface area (Å²) in [5.41, 5.74) is 0. The number of hydrogen-bond acceptors (Lipinski definition) is 2. The quantitative estimate of drug-likeness (QED) is 0.742. The maximum atomic E-state index is 5.73. The number of nitrogens with one attached hydrogen (secondary N) is 1. The molecule has 1 saturated heterocycles. The van der Waals surface area contributed by atoms with Crippen LogP contribution >= 0.6 is 0 Å². The molecule has 0 radical (unpaired) electrons. The molecule has 1 aromatic rings. The maximum Gasteiger partial charge on any atom is 0.119 e. The van der Waals surface area contributed by atoms with E-state index in [-0.39, 0.29) is 0 Å². The van der Waals surface area contributed by atoms with E-state index in [2.05, 4.69) is 0 Å². The van der Waals surface area contributed by atoms with Gasteiger partial charge < -0.3 is 14.4 Å². The molecule has 3 heteroatoms. The molecule has 3 nitrogen and oxygen atoms in total. The van der Waals surface area contributed by atoms with Crippen molar-refractivity contribution < 1.29 is 14.4 Å². The molecule has 0 spiro atoms. The topological polar surface area (TPSA) is 22.9 Å². The molecule has 1 aromatic carbocycles. The number of rotatable bonds is 7. The van der Waals surface area contributed by atoms with Gasteiger partial charge in [-0.15, -0.1) is 0 Å². The summed E-state index contributed by atoms with van der Waals surface area (Å²) in [6.07, 6.45) is 3.94. The summed E-state index contributed by atoms with van der Waals surface area (Å²) in [6.45, 7) is 7.46. The Morgan fingerprint density at radius 1 is 1.00 bits per heavy atom. The Bertz CT molecular complexity index is 331. The maximum absolute atomic E-state index is 5.73. The van der Waals surface area contributed by atoms with Gasteiger partial charge in [-0.3, -0.25) is 0 Å². The van der Waals surface area contributed by atoms with Crippen LogP contribution in [0.2, 0.25) is 0 Å². The first kappa shape index (κ1) is 13.2. The first-order valence-corrected chi connectivity index (χ1v) is 7.07. The van der Waals surface area contributed by atoms with Gasteiger partial charge in [0.25, 0.3) is 0 Å². The Kier molecular flexibility index (Phi) is 5.34. The predicted molar refractivity (Wildman–Crippen MR) is 72.5 cm³/mol. The highest BCUT2D eigenvalue weighted by Crippen LogP contribution is 2.17. The fourth-order valence-electron chi connectivity index (χ4n) is 2.44. The van der Waals surface area contributed by atoms with E-state index in [1.807, 2.05) is 31.2 Å². The summed E-state index contributed by atoms with van der Waals surface area (Å²) in [5.74, 6) is 1.85. The minimum absolute atomic E-state index is 0.707. The van der Waals surface area contributed by atoms with Crippen molar-refractivity contribution in [3.8, 4) is 11.5 Å². The van der Waals surface area contributed by atoms with E-state index >= 15 is 0 Å². The van der Waals surface area contributed by atoms with E-state index in [0.29, 0.717) is 6.61 Å². The van der Waals surface area contributed by atoms with E-state index in [1.165, 1.54) is 32.5 Å². The molecule has 0 bridgehead atoms. The molecule has 18 heavy (non-hydrogen) atoms. The van der Waals surface area contributed by atoms with Crippen molar-refractivity contribution in [1.82, 2.24) is 0 Å². The molecule has 100 valence electrons. The standard InChI is InChI=1S/C15H23NO2/c1-2-17-14-6-8-15(9-7-14)18-13-5-12-16-10-3-4-11-16/h6-9H,2-5,10-13H2,1H3/p+1. The lowest BCUT2D eigenvalue weighted by atomic mass is 10.3. The molecular weight excluding hydrogens is 226 g/mol. The first-order valence-electron chi connectivity index (χ1n) is 7.07. The lowest BCUT2D eigenvalue weighted by Crippen LogP contribution is -3.10. The predicted octanol–water partition coefficient (Wildman–Crippen LogP) is 1.53. The Morgan fingerprint density at radius 3 is 2.22 bits per heavy atom. The van der Waals surface area contributed by atoms with Gasteiger partial charge >= 0.3 is 0 Å². The second-order valence-corrected chi connectivity index (χ2v) is 4.81. The van der Waals surface area contributed by atoms with E-state index in [1.54, 1.807) is 4.90 Å². The van der Waals surface area contributed by atoms with Crippen LogP contribution in [-0.4, -0.2) is 32.8 Å². The molecule has 0 atom stereocenters. The van der Waals surface area contributed by atoms with Crippen molar-refractivity contribution in [1.29, 1.82) is 0 Å². The van der Waals surface area contributed by atoms with Crippen LogP contribution in [-0.2, 0) is 0 Å². The van der Waals surface area contributed by atoms with Gasteiger partial charge in [0.05, 0.1) is 32.8 Å². The van der Waals surface area contributed by atoms with Crippen molar-refractivity contribution in [3.63, 3.8) is 0 Å². The molecule has 1 heterocycles. The number of hydrogen-bond donors (Lipinski definition) is 1. The number of ether oxygens (including phenoxy) is 2. The Labute approximate surface area is 110 Å². The van der Waals surface area contributed by atoms with Gasteiger partial charge in [-0.2, -0.15) is 0 Å². The lowest BCUT2D eigenvalue weighted by molar-refractivity contribution is -0.887. The lowest BCUT2D eigenvalue weighted by Gasteiger charge is -2.12. The zero-order valence-electron chi connectivity index (χ0n) is 11.3. The highest BCUT2D eigenvalue weighted by molar-refractivity contribution is 5.31. The zero-order chi connectivity index (χ0) is 12.6. The third-order valence-corrected chi connectivity index (χ3v) is 3.39. The van der Waals surface area contributed by atoms with Crippen LogP contribution in [0.25, 0.3) is 0 Å². The average Bonchev–Trinajstić information content (AvgIpc) is 2.90. The molecule has 2 rings (SSSR count). The fourth-order valence-corrected chi connectivity index (χ4v) is 2.44. The molecule has 0 aromatic heterocycles. The van der Waals surface area contributed by atoms with Crippen LogP contribution in [0.3, 0.4) is 0 Å². The van der Waals surface area contributed by atoms with Crippen molar-refractivity contribution in [2.45, 2.75) is 26.2 Å². The van der Waals surface area contributed by atoms with E-state index in [4.69, 9.17) is 9.47 Å². The molecule has 1 aliphatic rings. The SMILES string of the molecule is CCOc1ccc(OCCC[NH+]2CCCC2)cc1. The van der Waals surface area contributed by atoms with Gasteiger partial charge in [0, 0.05) is 19.3 Å². The zero-order valence-corrected chi connectivity index (χ0v) is 11.3. The highest BCUT2D eigenvalue weighted by Gasteiger charge is 2.14. The molecule has 1 N–H and O–H groups in total. The molecule has 0 unspecified atom stereocenters. The summed E-state index contributed by atoms with van der Waals surface area (Å²) in [6, 6.07) is 7.89. The molecule has 0 amide bonds. The van der Waals surface area contributed by atoms with E-state index < -0.39 is 0 Å². The second kappa shape index (κ2) is 7.27. The first-order chi connectivity index (χ1) is 8.88. The highest BCUT2D eigenvalue weighted by atomic mass is 16.5. The molecular formula is C15H24NO2+. The van der Waals surface area contributed by atoms with Crippen LogP contribution in [0.1, 0.15) is 26.2 Å². The van der Waals surface area contributed by atoms with Gasteiger partial charge in [-0.25, -0.2) is 0 Å². The van der Waals surface area contributed by atoms with Gasteiger partial charge in [-0.05, 0) is 31.2 Å².